The lowest BCUT2D eigenvalue weighted by atomic mass is 10.0. The molecule has 5 atom stereocenters. The molecule has 17 nitrogen and oxygen atoms in total. The summed E-state index contributed by atoms with van der Waals surface area (Å²) in [6.07, 6.45) is 53.1. The van der Waals surface area contributed by atoms with Crippen molar-refractivity contribution in [1.29, 1.82) is 0 Å². The van der Waals surface area contributed by atoms with E-state index in [0.29, 0.717) is 37.5 Å². The van der Waals surface area contributed by atoms with E-state index in [1.807, 2.05) is 0 Å². The summed E-state index contributed by atoms with van der Waals surface area (Å²) in [5.41, 5.74) is 0. The lowest BCUT2D eigenvalue weighted by molar-refractivity contribution is -0.161. The zero-order valence-corrected chi connectivity index (χ0v) is 62.3. The Bertz CT molecular complexity index is 1800. The molecule has 0 aromatic heterocycles. The number of rotatable bonds is 73. The molecular weight excluding hydrogens is 1220 g/mol. The number of phosphoric ester groups is 2. The van der Waals surface area contributed by atoms with Crippen LogP contribution in [0.15, 0.2) is 0 Å². The van der Waals surface area contributed by atoms with Crippen LogP contribution >= 0.6 is 15.6 Å². The number of hydrogen-bond donors (Lipinski definition) is 3. The Balaban J connectivity index is 5.20. The van der Waals surface area contributed by atoms with Crippen LogP contribution in [0.4, 0.5) is 0 Å². The van der Waals surface area contributed by atoms with Crippen LogP contribution in [0.2, 0.25) is 0 Å². The molecule has 0 amide bonds. The standard InChI is InChI=1S/C74H144O17P2/c1-7-9-11-13-15-17-19-21-23-24-25-26-28-30-32-34-38-46-52-58-73(78)90-69(62-84-71(76)56-50-44-37-33-31-29-27-22-20-18-16-14-12-10-8-2)64-88-92(80,81)86-60-68(75)61-87-93(82,83)89-65-70(63-85-72(77)57-51-45-41-40-43-49-55-67(5)6)91-74(79)59-53-47-39-35-36-42-48-54-66(3)4/h66-70,75H,7-65H2,1-6H3,(H,80,81)(H,82,83)/t68-,69-,70-/m1/s1. The number of phosphoric acid groups is 2. The van der Waals surface area contributed by atoms with E-state index >= 15 is 0 Å². The van der Waals surface area contributed by atoms with Crippen molar-refractivity contribution < 1.29 is 80.2 Å². The first-order valence-electron chi connectivity index (χ1n) is 38.5. The van der Waals surface area contributed by atoms with Crippen molar-refractivity contribution in [1.82, 2.24) is 0 Å². The van der Waals surface area contributed by atoms with Gasteiger partial charge in [-0.15, -0.1) is 0 Å². The van der Waals surface area contributed by atoms with Gasteiger partial charge in [0.1, 0.15) is 19.3 Å². The Labute approximate surface area is 568 Å². The van der Waals surface area contributed by atoms with Gasteiger partial charge in [0.25, 0.3) is 0 Å². The van der Waals surface area contributed by atoms with Crippen molar-refractivity contribution >= 4 is 39.5 Å². The maximum absolute atomic E-state index is 13.1. The molecule has 0 aliphatic heterocycles. The first kappa shape index (κ1) is 91.1. The summed E-state index contributed by atoms with van der Waals surface area (Å²) in [7, 11) is -9.90. The van der Waals surface area contributed by atoms with Gasteiger partial charge in [0.15, 0.2) is 12.2 Å². The highest BCUT2D eigenvalue weighted by Crippen LogP contribution is 2.45. The Morgan fingerprint density at radius 3 is 0.731 bits per heavy atom. The molecule has 0 radical (unpaired) electrons. The van der Waals surface area contributed by atoms with Crippen LogP contribution in [-0.4, -0.2) is 96.7 Å². The molecule has 0 aliphatic carbocycles. The average molecular weight is 1370 g/mol. The summed E-state index contributed by atoms with van der Waals surface area (Å²) in [5, 5.41) is 10.6. The van der Waals surface area contributed by atoms with Crippen LogP contribution in [0.25, 0.3) is 0 Å². The molecule has 19 heteroatoms. The zero-order chi connectivity index (χ0) is 68.6. The summed E-state index contributed by atoms with van der Waals surface area (Å²) in [4.78, 5) is 72.6. The van der Waals surface area contributed by atoms with Crippen LogP contribution in [0, 0.1) is 11.8 Å². The van der Waals surface area contributed by atoms with Crippen LogP contribution in [0.1, 0.15) is 382 Å². The van der Waals surface area contributed by atoms with Gasteiger partial charge in [-0.3, -0.25) is 37.3 Å². The molecule has 0 spiro atoms. The average Bonchev–Trinajstić information content (AvgIpc) is 1.64. The van der Waals surface area contributed by atoms with E-state index in [9.17, 15) is 43.2 Å². The third-order valence-electron chi connectivity index (χ3n) is 17.2. The Hall–Kier alpha value is -1.94. The second kappa shape index (κ2) is 66.0. The topological polar surface area (TPSA) is 237 Å². The molecule has 93 heavy (non-hydrogen) atoms. The summed E-state index contributed by atoms with van der Waals surface area (Å²) < 4.78 is 68.4. The molecule has 0 saturated carbocycles. The highest BCUT2D eigenvalue weighted by Gasteiger charge is 2.30. The number of esters is 4. The number of ether oxygens (including phenoxy) is 4. The maximum Gasteiger partial charge on any atom is 0.472 e. The van der Waals surface area contributed by atoms with Gasteiger partial charge in [-0.05, 0) is 37.5 Å². The lowest BCUT2D eigenvalue weighted by Gasteiger charge is -2.21. The van der Waals surface area contributed by atoms with Crippen LogP contribution in [0.3, 0.4) is 0 Å². The van der Waals surface area contributed by atoms with Gasteiger partial charge < -0.3 is 33.8 Å². The minimum Gasteiger partial charge on any atom is -0.462 e. The zero-order valence-electron chi connectivity index (χ0n) is 60.6. The van der Waals surface area contributed by atoms with E-state index in [0.717, 1.165) is 96.3 Å². The molecule has 0 aliphatic rings. The molecule has 0 heterocycles. The van der Waals surface area contributed by atoms with Gasteiger partial charge >= 0.3 is 39.5 Å². The fourth-order valence-corrected chi connectivity index (χ4v) is 12.9. The van der Waals surface area contributed by atoms with E-state index in [1.54, 1.807) is 0 Å². The van der Waals surface area contributed by atoms with Crippen molar-refractivity contribution in [2.24, 2.45) is 11.8 Å². The Morgan fingerprint density at radius 1 is 0.290 bits per heavy atom. The number of carbonyl (C=O) groups excluding carboxylic acids is 4. The van der Waals surface area contributed by atoms with Gasteiger partial charge in [-0.1, -0.05) is 330 Å². The number of unbranched alkanes of at least 4 members (excludes halogenated alkanes) is 43. The van der Waals surface area contributed by atoms with Crippen molar-refractivity contribution in [3.05, 3.63) is 0 Å². The maximum atomic E-state index is 13.1. The largest absolute Gasteiger partial charge is 0.472 e. The summed E-state index contributed by atoms with van der Waals surface area (Å²) in [6, 6.07) is 0. The monoisotopic (exact) mass is 1370 g/mol. The number of aliphatic hydroxyl groups excluding tert-OH is 1. The molecule has 0 aromatic rings. The Morgan fingerprint density at radius 2 is 0.495 bits per heavy atom. The predicted molar refractivity (Wildman–Crippen MR) is 377 cm³/mol. The van der Waals surface area contributed by atoms with E-state index < -0.39 is 97.5 Å². The summed E-state index contributed by atoms with van der Waals surface area (Å²) in [5.74, 6) is -0.748. The Kier molecular flexibility index (Phi) is 64.6. The first-order valence-corrected chi connectivity index (χ1v) is 41.5. The van der Waals surface area contributed by atoms with E-state index in [4.69, 9.17) is 37.0 Å². The van der Waals surface area contributed by atoms with Gasteiger partial charge in [0, 0.05) is 25.7 Å². The molecule has 2 unspecified atom stereocenters. The molecule has 552 valence electrons. The van der Waals surface area contributed by atoms with E-state index in [-0.39, 0.29) is 25.7 Å². The minimum absolute atomic E-state index is 0.103. The van der Waals surface area contributed by atoms with Crippen LogP contribution < -0.4 is 0 Å². The quantitative estimate of drug-likeness (QED) is 0.0222. The first-order chi connectivity index (χ1) is 44.9. The lowest BCUT2D eigenvalue weighted by Crippen LogP contribution is -2.30. The van der Waals surface area contributed by atoms with E-state index in [2.05, 4.69) is 41.5 Å². The third kappa shape index (κ3) is 68.4. The third-order valence-corrected chi connectivity index (χ3v) is 19.1. The van der Waals surface area contributed by atoms with Crippen molar-refractivity contribution in [2.75, 3.05) is 39.6 Å². The van der Waals surface area contributed by atoms with Crippen molar-refractivity contribution in [3.63, 3.8) is 0 Å². The molecule has 0 saturated heterocycles. The highest BCUT2D eigenvalue weighted by molar-refractivity contribution is 7.47. The number of aliphatic hydroxyl groups is 1. The fourth-order valence-electron chi connectivity index (χ4n) is 11.3. The van der Waals surface area contributed by atoms with Gasteiger partial charge in [-0.2, -0.15) is 0 Å². The highest BCUT2D eigenvalue weighted by atomic mass is 31.2. The minimum atomic E-state index is -4.96. The summed E-state index contributed by atoms with van der Waals surface area (Å²) >= 11 is 0. The van der Waals surface area contributed by atoms with Gasteiger partial charge in [0.2, 0.25) is 0 Å². The predicted octanol–water partition coefficient (Wildman–Crippen LogP) is 21.6. The second-order valence-electron chi connectivity index (χ2n) is 27.6. The number of carbonyl (C=O) groups is 4. The van der Waals surface area contributed by atoms with Crippen molar-refractivity contribution in [2.45, 2.75) is 400 Å². The molecular formula is C74H144O17P2. The SMILES string of the molecule is CCCCCCCCCCCCCCCCCCCCCC(=O)O[C@H](COC(=O)CCCCCCCCCCCCCCCCC)COP(=O)(O)OC[C@@H](O)COP(=O)(O)OC[C@@H](COC(=O)CCCCCCCCC(C)C)OC(=O)CCCCCCCCCC(C)C. The fraction of sp³-hybridized carbons (Fsp3) is 0.946. The van der Waals surface area contributed by atoms with Gasteiger partial charge in [0.05, 0.1) is 26.4 Å². The molecule has 0 fully saturated rings. The second-order valence-corrected chi connectivity index (χ2v) is 30.5. The normalized spacial score (nSPS) is 14.1. The molecule has 0 aromatic carbocycles. The van der Waals surface area contributed by atoms with Crippen LogP contribution in [0.5, 0.6) is 0 Å². The molecule has 0 bridgehead atoms. The summed E-state index contributed by atoms with van der Waals surface area (Å²) in [6.45, 7) is 9.43. The van der Waals surface area contributed by atoms with E-state index in [1.165, 1.54) is 193 Å². The smallest absolute Gasteiger partial charge is 0.462 e. The van der Waals surface area contributed by atoms with Gasteiger partial charge in [-0.25, -0.2) is 9.13 Å². The van der Waals surface area contributed by atoms with Crippen LogP contribution in [-0.2, 0) is 65.4 Å². The molecule has 0 rings (SSSR count). The number of hydrogen-bond acceptors (Lipinski definition) is 15. The van der Waals surface area contributed by atoms with Crippen molar-refractivity contribution in [3.8, 4) is 0 Å². The molecule has 3 N–H and O–H groups in total.